The second kappa shape index (κ2) is 12.3. The summed E-state index contributed by atoms with van der Waals surface area (Å²) in [5, 5.41) is 6.50. The van der Waals surface area contributed by atoms with E-state index in [1.54, 1.807) is 55.6 Å². The first kappa shape index (κ1) is 26.8. The van der Waals surface area contributed by atoms with Crippen molar-refractivity contribution in [2.45, 2.75) is 26.6 Å². The molecule has 6 nitrogen and oxygen atoms in total. The molecule has 0 aliphatic carbocycles. The number of aryl methyl sites for hydroxylation is 2. The third kappa shape index (κ3) is 6.72. The van der Waals surface area contributed by atoms with Crippen molar-refractivity contribution in [1.29, 1.82) is 0 Å². The van der Waals surface area contributed by atoms with Crippen LogP contribution in [0.5, 0.6) is 11.5 Å². The Bertz CT molecular complexity index is 1390. The van der Waals surface area contributed by atoms with Crippen LogP contribution in [-0.2, 0) is 6.61 Å². The fourth-order valence-electron chi connectivity index (χ4n) is 3.96. The maximum Gasteiger partial charge on any atom is 0.253 e. The molecule has 2 amide bonds. The van der Waals surface area contributed by atoms with Gasteiger partial charge in [0, 0.05) is 21.7 Å². The number of methoxy groups -OCH3 is 1. The van der Waals surface area contributed by atoms with Crippen molar-refractivity contribution < 1.29 is 19.1 Å². The Morgan fingerprint density at radius 1 is 0.763 bits per heavy atom. The average molecular weight is 529 g/mol. The number of halogens is 1. The molecule has 0 saturated heterocycles. The Morgan fingerprint density at radius 3 is 1.92 bits per heavy atom. The third-order valence-electron chi connectivity index (χ3n) is 5.97. The summed E-state index contributed by atoms with van der Waals surface area (Å²) in [6, 6.07) is 27.2. The fraction of sp³-hybridized carbons (Fsp3) is 0.161. The van der Waals surface area contributed by atoms with Crippen LogP contribution < -0.4 is 20.1 Å². The molecule has 2 N–H and O–H groups in total. The van der Waals surface area contributed by atoms with Gasteiger partial charge in [0.15, 0.2) is 11.5 Å². The number of benzene rings is 4. The molecule has 0 atom stereocenters. The molecular weight excluding hydrogens is 500 g/mol. The average Bonchev–Trinajstić information content (AvgIpc) is 2.92. The van der Waals surface area contributed by atoms with Crippen molar-refractivity contribution in [1.82, 2.24) is 10.6 Å². The molecule has 0 fully saturated rings. The second-order valence-electron chi connectivity index (χ2n) is 8.91. The minimum absolute atomic E-state index is 0.218. The fourth-order valence-corrected chi connectivity index (χ4v) is 4.15. The number of hydrogen-bond donors (Lipinski definition) is 2. The van der Waals surface area contributed by atoms with Crippen LogP contribution in [0.1, 0.15) is 49.1 Å². The molecule has 0 saturated carbocycles. The van der Waals surface area contributed by atoms with E-state index in [2.05, 4.69) is 10.6 Å². The van der Waals surface area contributed by atoms with E-state index in [0.29, 0.717) is 33.2 Å². The van der Waals surface area contributed by atoms with Gasteiger partial charge in [0.05, 0.1) is 7.11 Å². The molecule has 4 aromatic carbocycles. The maximum absolute atomic E-state index is 13.2. The van der Waals surface area contributed by atoms with E-state index in [-0.39, 0.29) is 18.4 Å². The maximum atomic E-state index is 13.2. The molecule has 38 heavy (non-hydrogen) atoms. The van der Waals surface area contributed by atoms with E-state index in [1.807, 2.05) is 56.3 Å². The van der Waals surface area contributed by atoms with Crippen LogP contribution in [0.25, 0.3) is 0 Å². The molecule has 4 rings (SSSR count). The van der Waals surface area contributed by atoms with Gasteiger partial charge in [0.25, 0.3) is 11.8 Å². The lowest BCUT2D eigenvalue weighted by atomic mass is 10.1. The molecule has 194 valence electrons. The molecule has 0 unspecified atom stereocenters. The van der Waals surface area contributed by atoms with Gasteiger partial charge in [-0.2, -0.15) is 0 Å². The lowest BCUT2D eigenvalue weighted by Gasteiger charge is -2.22. The van der Waals surface area contributed by atoms with E-state index in [9.17, 15) is 9.59 Å². The molecular formula is C31H29ClN2O4. The summed E-state index contributed by atoms with van der Waals surface area (Å²) >= 11 is 6.29. The van der Waals surface area contributed by atoms with Crippen molar-refractivity contribution in [3.63, 3.8) is 0 Å². The summed E-state index contributed by atoms with van der Waals surface area (Å²) in [5.74, 6) is 0.314. The predicted octanol–water partition coefficient (Wildman–Crippen LogP) is 6.40. The summed E-state index contributed by atoms with van der Waals surface area (Å²) in [6.07, 6.45) is -0.843. The minimum Gasteiger partial charge on any atom is -0.493 e. The molecule has 0 spiro atoms. The van der Waals surface area contributed by atoms with Crippen molar-refractivity contribution in [2.24, 2.45) is 0 Å². The van der Waals surface area contributed by atoms with Gasteiger partial charge in [-0.3, -0.25) is 9.59 Å². The van der Waals surface area contributed by atoms with Crippen molar-refractivity contribution in [3.05, 3.63) is 129 Å². The van der Waals surface area contributed by atoms with Gasteiger partial charge >= 0.3 is 0 Å². The number of nitrogens with one attached hydrogen (secondary N) is 2. The topological polar surface area (TPSA) is 76.7 Å². The number of carbonyl (C=O) groups is 2. The smallest absolute Gasteiger partial charge is 0.253 e. The highest BCUT2D eigenvalue weighted by Gasteiger charge is 2.21. The highest BCUT2D eigenvalue weighted by molar-refractivity contribution is 6.31. The lowest BCUT2D eigenvalue weighted by Crippen LogP contribution is -2.41. The zero-order valence-corrected chi connectivity index (χ0v) is 22.2. The van der Waals surface area contributed by atoms with Crippen LogP contribution >= 0.6 is 11.6 Å². The van der Waals surface area contributed by atoms with E-state index < -0.39 is 6.17 Å². The molecule has 0 aromatic heterocycles. The Hall–Kier alpha value is -4.29. The van der Waals surface area contributed by atoms with Gasteiger partial charge in [0.1, 0.15) is 12.8 Å². The zero-order valence-electron chi connectivity index (χ0n) is 21.5. The normalized spacial score (nSPS) is 10.7. The van der Waals surface area contributed by atoms with Crippen LogP contribution in [0.2, 0.25) is 5.02 Å². The van der Waals surface area contributed by atoms with Crippen molar-refractivity contribution in [3.8, 4) is 11.5 Å². The molecule has 0 aliphatic heterocycles. The highest BCUT2D eigenvalue weighted by Crippen LogP contribution is 2.31. The molecule has 0 bridgehead atoms. The standard InChI is InChI=1S/C31H29ClN2O4/c1-20-8-6-11-23(16-20)30(35)33-29(34-31(36)24-12-7-9-21(2)17-24)22-14-15-27(37-3)28(18-22)38-19-25-10-4-5-13-26(25)32/h4-18,29H,19H2,1-3H3,(H,33,35)(H,34,36). The highest BCUT2D eigenvalue weighted by atomic mass is 35.5. The number of amides is 2. The van der Waals surface area contributed by atoms with Gasteiger partial charge in [-0.1, -0.05) is 71.3 Å². The third-order valence-corrected chi connectivity index (χ3v) is 6.34. The van der Waals surface area contributed by atoms with Crippen molar-refractivity contribution in [2.75, 3.05) is 7.11 Å². The summed E-state index contributed by atoms with van der Waals surface area (Å²) in [7, 11) is 1.55. The Kier molecular flexibility index (Phi) is 8.66. The predicted molar refractivity (Wildman–Crippen MR) is 149 cm³/mol. The molecule has 0 radical (unpaired) electrons. The SMILES string of the molecule is COc1ccc(C(NC(=O)c2cccc(C)c2)NC(=O)c2cccc(C)c2)cc1OCc1ccccc1Cl. The van der Waals surface area contributed by atoms with E-state index in [0.717, 1.165) is 16.7 Å². The van der Waals surface area contributed by atoms with Gasteiger partial charge in [0.2, 0.25) is 0 Å². The van der Waals surface area contributed by atoms with Gasteiger partial charge in [-0.05, 0) is 61.9 Å². The quantitative estimate of drug-likeness (QED) is 0.246. The molecule has 0 aliphatic rings. The number of rotatable bonds is 9. The first-order chi connectivity index (χ1) is 18.3. The summed E-state index contributed by atoms with van der Waals surface area (Å²) in [4.78, 5) is 26.4. The molecule has 4 aromatic rings. The largest absolute Gasteiger partial charge is 0.493 e. The Labute approximate surface area is 227 Å². The second-order valence-corrected chi connectivity index (χ2v) is 9.32. The van der Waals surface area contributed by atoms with Crippen LogP contribution in [0.3, 0.4) is 0 Å². The summed E-state index contributed by atoms with van der Waals surface area (Å²) < 4.78 is 11.6. The number of hydrogen-bond acceptors (Lipinski definition) is 4. The van der Waals surface area contributed by atoms with E-state index >= 15 is 0 Å². The number of carbonyl (C=O) groups excluding carboxylic acids is 2. The first-order valence-electron chi connectivity index (χ1n) is 12.1. The first-order valence-corrected chi connectivity index (χ1v) is 12.5. The van der Waals surface area contributed by atoms with Gasteiger partial charge in [-0.25, -0.2) is 0 Å². The minimum atomic E-state index is -0.843. The van der Waals surface area contributed by atoms with E-state index in [1.165, 1.54) is 0 Å². The van der Waals surface area contributed by atoms with E-state index in [4.69, 9.17) is 21.1 Å². The van der Waals surface area contributed by atoms with Crippen molar-refractivity contribution >= 4 is 23.4 Å². The monoisotopic (exact) mass is 528 g/mol. The van der Waals surface area contributed by atoms with Gasteiger partial charge < -0.3 is 20.1 Å². The summed E-state index contributed by atoms with van der Waals surface area (Å²) in [5.41, 5.74) is 4.32. The molecule has 7 heteroatoms. The Balaban J connectivity index is 1.65. The van der Waals surface area contributed by atoms with Gasteiger partial charge in [-0.15, -0.1) is 0 Å². The van der Waals surface area contributed by atoms with Crippen LogP contribution in [0.15, 0.2) is 91.0 Å². The number of ether oxygens (including phenoxy) is 2. The van der Waals surface area contributed by atoms with Crippen LogP contribution in [0, 0.1) is 13.8 Å². The summed E-state index contributed by atoms with van der Waals surface area (Å²) in [6.45, 7) is 4.05. The zero-order chi connectivity index (χ0) is 27.1. The van der Waals surface area contributed by atoms with Crippen LogP contribution in [-0.4, -0.2) is 18.9 Å². The Morgan fingerprint density at radius 2 is 1.37 bits per heavy atom. The molecule has 0 heterocycles. The van der Waals surface area contributed by atoms with Crippen LogP contribution in [0.4, 0.5) is 0 Å². The lowest BCUT2D eigenvalue weighted by molar-refractivity contribution is 0.0883.